The second kappa shape index (κ2) is 8.30. The van der Waals surface area contributed by atoms with Gasteiger partial charge in [-0.3, -0.25) is 0 Å². The first-order valence-corrected chi connectivity index (χ1v) is 9.61. The van der Waals surface area contributed by atoms with E-state index >= 15 is 0 Å². The number of benzene rings is 2. The summed E-state index contributed by atoms with van der Waals surface area (Å²) in [5, 5.41) is 7.11. The minimum absolute atomic E-state index is 0.228. The molecule has 1 aliphatic rings. The van der Waals surface area contributed by atoms with Crippen molar-refractivity contribution in [3.8, 4) is 11.1 Å². The first-order valence-electron chi connectivity index (χ1n) is 8.46. The van der Waals surface area contributed by atoms with Crippen molar-refractivity contribution >= 4 is 17.5 Å². The van der Waals surface area contributed by atoms with Crippen molar-refractivity contribution in [1.82, 2.24) is 5.32 Å². The van der Waals surface area contributed by atoms with Crippen molar-refractivity contribution in [1.29, 1.82) is 5.53 Å². The Hall–Kier alpha value is -2.14. The second-order valence-corrected chi connectivity index (χ2v) is 7.46. The third-order valence-corrected chi connectivity index (χ3v) is 5.50. The van der Waals surface area contributed by atoms with Gasteiger partial charge in [0.15, 0.2) is 0 Å². The van der Waals surface area contributed by atoms with E-state index in [2.05, 4.69) is 10.4 Å². The van der Waals surface area contributed by atoms with Gasteiger partial charge in [-0.25, -0.2) is 9.92 Å². The third kappa shape index (κ3) is 4.48. The van der Waals surface area contributed by atoms with Crippen molar-refractivity contribution in [2.45, 2.75) is 25.8 Å². The van der Waals surface area contributed by atoms with Crippen LogP contribution in [0.4, 0.5) is 4.39 Å². The van der Waals surface area contributed by atoms with Gasteiger partial charge < -0.3 is 5.32 Å². The Labute approximate surface area is 152 Å². The number of nitrogens with one attached hydrogen (secondary N) is 2. The fraction of sp³-hybridized carbons (Fsp3) is 0.300. The molecule has 0 radical (unpaired) electrons. The molecule has 1 heterocycles. The van der Waals surface area contributed by atoms with E-state index in [9.17, 15) is 4.39 Å². The molecule has 2 N–H and O–H groups in total. The molecule has 1 fully saturated rings. The third-order valence-electron chi connectivity index (χ3n) is 4.46. The first-order chi connectivity index (χ1) is 12.2. The minimum Gasteiger partial charge on any atom is -0.386 e. The van der Waals surface area contributed by atoms with Gasteiger partial charge in [-0.15, -0.1) is 0 Å². The largest absolute Gasteiger partial charge is 0.386 e. The van der Waals surface area contributed by atoms with Crippen molar-refractivity contribution < 1.29 is 4.39 Å². The summed E-state index contributed by atoms with van der Waals surface area (Å²) in [6.07, 6.45) is 4.13. The lowest BCUT2D eigenvalue weighted by molar-refractivity contribution is 0.548. The van der Waals surface area contributed by atoms with Gasteiger partial charge in [-0.2, -0.15) is 16.9 Å². The van der Waals surface area contributed by atoms with Gasteiger partial charge in [-0.05, 0) is 66.2 Å². The van der Waals surface area contributed by atoms with Gasteiger partial charge in [0.1, 0.15) is 11.5 Å². The molecule has 5 heteroatoms. The summed E-state index contributed by atoms with van der Waals surface area (Å²) in [6, 6.07) is 13.2. The standard InChI is InChI=1S/C20H22FN3S/c1-14-11-17(21)5-6-19(14)15-3-2-4-16(12-15)20(24-22)13-23-18-7-9-25-10-8-18/h2-6,11-13,18,22-23H,7-10H2,1H3/b20-13-,24-22?. The molecule has 0 spiro atoms. The summed E-state index contributed by atoms with van der Waals surface area (Å²) in [7, 11) is 0. The molecule has 1 aliphatic heterocycles. The molecule has 130 valence electrons. The van der Waals surface area contributed by atoms with Crippen LogP contribution >= 0.6 is 11.8 Å². The van der Waals surface area contributed by atoms with E-state index in [1.165, 1.54) is 23.6 Å². The molecule has 0 unspecified atom stereocenters. The highest BCUT2D eigenvalue weighted by Crippen LogP contribution is 2.27. The molecule has 3 nitrogen and oxygen atoms in total. The molecular formula is C20H22FN3S. The first kappa shape index (κ1) is 17.7. The van der Waals surface area contributed by atoms with Crippen molar-refractivity contribution in [3.63, 3.8) is 0 Å². The predicted octanol–water partition coefficient (Wildman–Crippen LogP) is 5.62. The number of thioether (sulfide) groups is 1. The van der Waals surface area contributed by atoms with Crippen LogP contribution < -0.4 is 5.32 Å². The fourth-order valence-electron chi connectivity index (χ4n) is 3.04. The van der Waals surface area contributed by atoms with Gasteiger partial charge in [0.2, 0.25) is 0 Å². The summed E-state index contributed by atoms with van der Waals surface area (Å²) in [5.41, 5.74) is 11.9. The number of aryl methyl sites for hydroxylation is 1. The van der Waals surface area contributed by atoms with Gasteiger partial charge in [-0.1, -0.05) is 24.3 Å². The molecule has 0 aliphatic carbocycles. The maximum absolute atomic E-state index is 13.3. The normalized spacial score (nSPS) is 15.8. The van der Waals surface area contributed by atoms with Crippen LogP contribution in [0.5, 0.6) is 0 Å². The highest BCUT2D eigenvalue weighted by Gasteiger charge is 2.12. The summed E-state index contributed by atoms with van der Waals surface area (Å²) >= 11 is 1.99. The topological polar surface area (TPSA) is 48.2 Å². The summed E-state index contributed by atoms with van der Waals surface area (Å²) in [6.45, 7) is 1.90. The molecule has 3 rings (SSSR count). The smallest absolute Gasteiger partial charge is 0.123 e. The summed E-state index contributed by atoms with van der Waals surface area (Å²) in [5.74, 6) is 2.13. The molecule has 0 atom stereocenters. The van der Waals surface area contributed by atoms with Crippen LogP contribution in [0, 0.1) is 18.3 Å². The van der Waals surface area contributed by atoms with Crippen LogP contribution in [0.3, 0.4) is 0 Å². The molecule has 0 saturated carbocycles. The maximum Gasteiger partial charge on any atom is 0.123 e. The van der Waals surface area contributed by atoms with Crippen LogP contribution in [0.25, 0.3) is 16.8 Å². The zero-order valence-corrected chi connectivity index (χ0v) is 15.1. The van der Waals surface area contributed by atoms with Gasteiger partial charge in [0.05, 0.1) is 0 Å². The Morgan fingerprint density at radius 3 is 2.76 bits per heavy atom. The van der Waals surface area contributed by atoms with Gasteiger partial charge in [0, 0.05) is 17.8 Å². The number of halogens is 1. The summed E-state index contributed by atoms with van der Waals surface area (Å²) in [4.78, 5) is 0. The quantitative estimate of drug-likeness (QED) is 0.684. The lowest BCUT2D eigenvalue weighted by Gasteiger charge is -2.21. The van der Waals surface area contributed by atoms with Crippen LogP contribution in [0.15, 0.2) is 53.8 Å². The highest BCUT2D eigenvalue weighted by molar-refractivity contribution is 7.99. The summed E-state index contributed by atoms with van der Waals surface area (Å²) < 4.78 is 13.3. The minimum atomic E-state index is -0.228. The fourth-order valence-corrected chi connectivity index (χ4v) is 4.14. The van der Waals surface area contributed by atoms with E-state index in [-0.39, 0.29) is 5.82 Å². The van der Waals surface area contributed by atoms with E-state index < -0.39 is 0 Å². The van der Waals surface area contributed by atoms with Crippen LogP contribution in [-0.2, 0) is 0 Å². The van der Waals surface area contributed by atoms with Crippen molar-refractivity contribution in [3.05, 3.63) is 65.6 Å². The van der Waals surface area contributed by atoms with E-state index in [0.29, 0.717) is 11.7 Å². The number of hydrogen-bond acceptors (Lipinski definition) is 4. The van der Waals surface area contributed by atoms with Gasteiger partial charge >= 0.3 is 0 Å². The molecule has 25 heavy (non-hydrogen) atoms. The van der Waals surface area contributed by atoms with Crippen LogP contribution in [-0.4, -0.2) is 17.5 Å². The molecule has 2 aromatic rings. The highest BCUT2D eigenvalue weighted by atomic mass is 32.2. The Balaban J connectivity index is 1.84. The average molecular weight is 355 g/mol. The zero-order valence-electron chi connectivity index (χ0n) is 14.3. The number of hydrogen-bond donors (Lipinski definition) is 2. The average Bonchev–Trinajstić information content (AvgIpc) is 2.63. The van der Waals surface area contributed by atoms with Crippen molar-refractivity contribution in [2.24, 2.45) is 5.11 Å². The van der Waals surface area contributed by atoms with Crippen molar-refractivity contribution in [2.75, 3.05) is 11.5 Å². The van der Waals surface area contributed by atoms with E-state index in [1.807, 2.05) is 49.2 Å². The van der Waals surface area contributed by atoms with E-state index in [4.69, 9.17) is 5.53 Å². The Morgan fingerprint density at radius 1 is 1.24 bits per heavy atom. The Kier molecular flexibility index (Phi) is 5.87. The molecule has 0 bridgehead atoms. The Morgan fingerprint density at radius 2 is 2.04 bits per heavy atom. The van der Waals surface area contributed by atoms with Gasteiger partial charge in [0.25, 0.3) is 0 Å². The molecule has 2 aromatic carbocycles. The number of rotatable bonds is 5. The maximum atomic E-state index is 13.3. The molecule has 0 amide bonds. The lowest BCUT2D eigenvalue weighted by atomic mass is 9.98. The monoisotopic (exact) mass is 355 g/mol. The molecule has 1 saturated heterocycles. The molecular weight excluding hydrogens is 333 g/mol. The van der Waals surface area contributed by atoms with Crippen LogP contribution in [0.2, 0.25) is 0 Å². The second-order valence-electron chi connectivity index (χ2n) is 6.23. The van der Waals surface area contributed by atoms with Crippen LogP contribution in [0.1, 0.15) is 24.0 Å². The van der Waals surface area contributed by atoms with E-state index in [1.54, 1.807) is 6.07 Å². The zero-order chi connectivity index (χ0) is 17.6. The predicted molar refractivity (Wildman–Crippen MR) is 103 cm³/mol. The number of nitrogens with zero attached hydrogens (tertiary/aromatic N) is 1. The SMILES string of the molecule is Cc1cc(F)ccc1-c1cccc(/C(=C/NC2CCSCC2)N=N)c1. The molecule has 0 aromatic heterocycles. The lowest BCUT2D eigenvalue weighted by Crippen LogP contribution is -2.28. The Bertz CT molecular complexity index is 782. The van der Waals surface area contributed by atoms with E-state index in [0.717, 1.165) is 35.1 Å².